The Hall–Kier alpha value is -2.20. The first-order chi connectivity index (χ1) is 8.74. The van der Waals surface area contributed by atoms with Crippen LogP contribution in [0.3, 0.4) is 0 Å². The summed E-state index contributed by atoms with van der Waals surface area (Å²) in [6, 6.07) is 10.8. The normalized spacial score (nSPS) is 10.3. The van der Waals surface area contributed by atoms with Gasteiger partial charge in [-0.2, -0.15) is 0 Å². The van der Waals surface area contributed by atoms with Crippen LogP contribution in [0.1, 0.15) is 21.5 Å². The van der Waals surface area contributed by atoms with E-state index in [1.165, 1.54) is 0 Å². The van der Waals surface area contributed by atoms with Crippen LogP contribution in [0.15, 0.2) is 42.6 Å². The molecule has 2 aromatic rings. The monoisotopic (exact) mass is 241 g/mol. The minimum Gasteiger partial charge on any atom is -0.383 e. The van der Waals surface area contributed by atoms with Gasteiger partial charge < -0.3 is 11.5 Å². The van der Waals surface area contributed by atoms with E-state index in [0.29, 0.717) is 24.1 Å². The Morgan fingerprint density at radius 1 is 1.11 bits per heavy atom. The number of aromatic nitrogens is 1. The highest BCUT2D eigenvalue weighted by Crippen LogP contribution is 2.17. The number of nitrogen functional groups attached to an aromatic ring is 1. The Balaban J connectivity index is 2.43. The lowest BCUT2D eigenvalue weighted by molar-refractivity contribution is 0.103. The van der Waals surface area contributed by atoms with Crippen LogP contribution in [-0.4, -0.2) is 17.3 Å². The minimum absolute atomic E-state index is 0.107. The second kappa shape index (κ2) is 5.42. The zero-order chi connectivity index (χ0) is 13.0. The van der Waals surface area contributed by atoms with Gasteiger partial charge in [-0.1, -0.05) is 24.3 Å². The molecule has 92 valence electrons. The van der Waals surface area contributed by atoms with E-state index in [2.05, 4.69) is 4.98 Å². The standard InChI is InChI=1S/C14H15N3O/c15-8-7-10-4-1-2-5-11(10)13(18)12-6-3-9-17-14(12)16/h1-6,9H,7-8,15H2,(H2,16,17). The molecule has 4 heteroatoms. The van der Waals surface area contributed by atoms with Gasteiger partial charge in [0.1, 0.15) is 5.82 Å². The lowest BCUT2D eigenvalue weighted by Gasteiger charge is -2.08. The van der Waals surface area contributed by atoms with Gasteiger partial charge in [-0.3, -0.25) is 4.79 Å². The van der Waals surface area contributed by atoms with Gasteiger partial charge in [0.05, 0.1) is 5.56 Å². The fourth-order valence-corrected chi connectivity index (χ4v) is 1.87. The second-order valence-corrected chi connectivity index (χ2v) is 3.96. The third-order valence-electron chi connectivity index (χ3n) is 2.76. The van der Waals surface area contributed by atoms with Crippen molar-refractivity contribution in [2.75, 3.05) is 12.3 Å². The molecule has 0 saturated carbocycles. The molecule has 0 spiro atoms. The van der Waals surface area contributed by atoms with E-state index in [1.807, 2.05) is 18.2 Å². The summed E-state index contributed by atoms with van der Waals surface area (Å²) in [6.45, 7) is 0.507. The first-order valence-corrected chi connectivity index (χ1v) is 5.77. The molecule has 1 aromatic carbocycles. The number of rotatable bonds is 4. The summed E-state index contributed by atoms with van der Waals surface area (Å²) >= 11 is 0. The van der Waals surface area contributed by atoms with Crippen LogP contribution in [-0.2, 0) is 6.42 Å². The largest absolute Gasteiger partial charge is 0.383 e. The summed E-state index contributed by atoms with van der Waals surface area (Å²) in [7, 11) is 0. The molecule has 0 amide bonds. The third-order valence-corrected chi connectivity index (χ3v) is 2.76. The van der Waals surface area contributed by atoms with Gasteiger partial charge in [0.25, 0.3) is 0 Å². The van der Waals surface area contributed by atoms with Crippen LogP contribution in [0.2, 0.25) is 0 Å². The van der Waals surface area contributed by atoms with Crippen molar-refractivity contribution in [1.29, 1.82) is 0 Å². The number of benzene rings is 1. The average molecular weight is 241 g/mol. The Morgan fingerprint density at radius 3 is 2.56 bits per heavy atom. The van der Waals surface area contributed by atoms with Crippen LogP contribution < -0.4 is 11.5 Å². The maximum absolute atomic E-state index is 12.4. The molecule has 0 aliphatic carbocycles. The molecule has 4 N–H and O–H groups in total. The number of hydrogen-bond donors (Lipinski definition) is 2. The molecular weight excluding hydrogens is 226 g/mol. The Kier molecular flexibility index (Phi) is 3.69. The molecule has 1 aromatic heterocycles. The number of hydrogen-bond acceptors (Lipinski definition) is 4. The predicted octanol–water partition coefficient (Wildman–Crippen LogP) is 1.40. The highest BCUT2D eigenvalue weighted by molar-refractivity contribution is 6.12. The number of nitrogens with two attached hydrogens (primary N) is 2. The summed E-state index contributed by atoms with van der Waals surface area (Å²) in [6.07, 6.45) is 2.24. The van der Waals surface area contributed by atoms with Crippen molar-refractivity contribution in [3.63, 3.8) is 0 Å². The molecule has 18 heavy (non-hydrogen) atoms. The molecular formula is C14H15N3O. The Labute approximate surface area is 106 Å². The quantitative estimate of drug-likeness (QED) is 0.793. The summed E-state index contributed by atoms with van der Waals surface area (Å²) < 4.78 is 0. The molecule has 0 unspecified atom stereocenters. The fraction of sp³-hybridized carbons (Fsp3) is 0.143. The zero-order valence-electron chi connectivity index (χ0n) is 9.97. The number of pyridine rings is 1. The Morgan fingerprint density at radius 2 is 1.83 bits per heavy atom. The molecule has 0 radical (unpaired) electrons. The van der Waals surface area contributed by atoms with Crippen LogP contribution in [0.5, 0.6) is 0 Å². The highest BCUT2D eigenvalue weighted by atomic mass is 16.1. The first-order valence-electron chi connectivity index (χ1n) is 5.77. The second-order valence-electron chi connectivity index (χ2n) is 3.96. The van der Waals surface area contributed by atoms with Gasteiger partial charge in [-0.05, 0) is 30.7 Å². The van der Waals surface area contributed by atoms with E-state index in [4.69, 9.17) is 11.5 Å². The van der Waals surface area contributed by atoms with E-state index >= 15 is 0 Å². The SMILES string of the molecule is NCCc1ccccc1C(=O)c1cccnc1N. The molecule has 0 aliphatic rings. The van der Waals surface area contributed by atoms with Crippen molar-refractivity contribution in [3.8, 4) is 0 Å². The number of nitrogens with zero attached hydrogens (tertiary/aromatic N) is 1. The van der Waals surface area contributed by atoms with E-state index in [-0.39, 0.29) is 11.6 Å². The molecule has 4 nitrogen and oxygen atoms in total. The summed E-state index contributed by atoms with van der Waals surface area (Å²) in [5.74, 6) is 0.148. The van der Waals surface area contributed by atoms with Crippen LogP contribution in [0.25, 0.3) is 0 Å². The van der Waals surface area contributed by atoms with Gasteiger partial charge in [-0.15, -0.1) is 0 Å². The van der Waals surface area contributed by atoms with Crippen molar-refractivity contribution >= 4 is 11.6 Å². The number of anilines is 1. The molecule has 0 aliphatic heterocycles. The molecule has 0 fully saturated rings. The maximum Gasteiger partial charge on any atom is 0.197 e. The molecule has 2 rings (SSSR count). The van der Waals surface area contributed by atoms with Crippen molar-refractivity contribution in [3.05, 3.63) is 59.3 Å². The van der Waals surface area contributed by atoms with Crippen molar-refractivity contribution < 1.29 is 4.79 Å². The minimum atomic E-state index is -0.107. The topological polar surface area (TPSA) is 82.0 Å². The van der Waals surface area contributed by atoms with Crippen molar-refractivity contribution in [2.45, 2.75) is 6.42 Å². The van der Waals surface area contributed by atoms with E-state index in [1.54, 1.807) is 24.4 Å². The van der Waals surface area contributed by atoms with Gasteiger partial charge >= 0.3 is 0 Å². The first kappa shape index (κ1) is 12.3. The summed E-state index contributed by atoms with van der Waals surface area (Å²) in [4.78, 5) is 16.3. The Bertz CT molecular complexity index is 566. The average Bonchev–Trinajstić information content (AvgIpc) is 2.40. The smallest absolute Gasteiger partial charge is 0.197 e. The maximum atomic E-state index is 12.4. The molecule has 1 heterocycles. The third kappa shape index (κ3) is 2.38. The zero-order valence-corrected chi connectivity index (χ0v) is 9.97. The lowest BCUT2D eigenvalue weighted by atomic mass is 9.97. The highest BCUT2D eigenvalue weighted by Gasteiger charge is 2.15. The van der Waals surface area contributed by atoms with Gasteiger partial charge in [0, 0.05) is 11.8 Å². The number of carbonyl (C=O) groups excluding carboxylic acids is 1. The lowest BCUT2D eigenvalue weighted by Crippen LogP contribution is -2.11. The van der Waals surface area contributed by atoms with Gasteiger partial charge in [-0.25, -0.2) is 4.98 Å². The van der Waals surface area contributed by atoms with E-state index in [0.717, 1.165) is 5.56 Å². The van der Waals surface area contributed by atoms with Gasteiger partial charge in [0.15, 0.2) is 5.78 Å². The molecule has 0 atom stereocenters. The number of carbonyl (C=O) groups is 1. The fourth-order valence-electron chi connectivity index (χ4n) is 1.87. The predicted molar refractivity (Wildman–Crippen MR) is 71.3 cm³/mol. The molecule has 0 bridgehead atoms. The van der Waals surface area contributed by atoms with Crippen LogP contribution in [0, 0.1) is 0 Å². The van der Waals surface area contributed by atoms with E-state index in [9.17, 15) is 4.79 Å². The van der Waals surface area contributed by atoms with Crippen molar-refractivity contribution in [1.82, 2.24) is 4.98 Å². The van der Waals surface area contributed by atoms with E-state index < -0.39 is 0 Å². The van der Waals surface area contributed by atoms with Crippen LogP contribution in [0.4, 0.5) is 5.82 Å². The summed E-state index contributed by atoms with van der Waals surface area (Å²) in [5.41, 5.74) is 13.3. The van der Waals surface area contributed by atoms with Crippen molar-refractivity contribution in [2.24, 2.45) is 5.73 Å². The summed E-state index contributed by atoms with van der Waals surface area (Å²) in [5, 5.41) is 0. The van der Waals surface area contributed by atoms with Crippen LogP contribution >= 0.6 is 0 Å². The molecule has 0 saturated heterocycles. The number of ketones is 1. The van der Waals surface area contributed by atoms with Gasteiger partial charge in [0.2, 0.25) is 0 Å².